The lowest BCUT2D eigenvalue weighted by Gasteiger charge is -2.05. The Kier molecular flexibility index (Phi) is 8.52. The summed E-state index contributed by atoms with van der Waals surface area (Å²) in [6, 6.07) is 8.58. The fourth-order valence-corrected chi connectivity index (χ4v) is 4.33. The molecule has 0 fully saturated rings. The van der Waals surface area contributed by atoms with Crippen LogP contribution in [0.3, 0.4) is 0 Å². The summed E-state index contributed by atoms with van der Waals surface area (Å²) in [7, 11) is -3.67. The number of nitrogens with one attached hydrogen (secondary N) is 3. The van der Waals surface area contributed by atoms with Crippen molar-refractivity contribution in [2.75, 3.05) is 28.8 Å². The fraction of sp³-hybridized carbons (Fsp3) is 0.158. The van der Waals surface area contributed by atoms with E-state index in [1.807, 2.05) is 11.4 Å². The maximum absolute atomic E-state index is 12.1. The Balaban J connectivity index is 0.000000555. The van der Waals surface area contributed by atoms with E-state index in [9.17, 15) is 13.2 Å². The van der Waals surface area contributed by atoms with Crippen LogP contribution in [0.25, 0.3) is 10.2 Å². The number of hydrogen-bond acceptors (Lipinski definition) is 9. The van der Waals surface area contributed by atoms with E-state index in [1.165, 1.54) is 11.3 Å². The molecule has 0 aliphatic rings. The van der Waals surface area contributed by atoms with Gasteiger partial charge in [-0.1, -0.05) is 17.7 Å². The maximum atomic E-state index is 12.1. The molecule has 0 radical (unpaired) electrons. The molecular formula is C19H19ClN6O4S3. The Morgan fingerprint density at radius 3 is 2.73 bits per heavy atom. The Bertz CT molecular complexity index is 1330. The summed E-state index contributed by atoms with van der Waals surface area (Å²) in [6.07, 6.45) is 4.81. The lowest BCUT2D eigenvalue weighted by atomic mass is 10.3. The third-order valence-electron chi connectivity index (χ3n) is 3.76. The van der Waals surface area contributed by atoms with Gasteiger partial charge in [-0.15, -0.1) is 22.7 Å². The van der Waals surface area contributed by atoms with Crippen molar-refractivity contribution in [3.63, 3.8) is 0 Å². The summed E-state index contributed by atoms with van der Waals surface area (Å²) < 4.78 is 26.9. The first-order valence-corrected chi connectivity index (χ1v) is 13.2. The number of thiophene rings is 1. The Morgan fingerprint density at radius 1 is 1.18 bits per heavy atom. The molecule has 0 bridgehead atoms. The molecule has 33 heavy (non-hydrogen) atoms. The largest absolute Gasteiger partial charge is 0.368 e. The first kappa shape index (κ1) is 24.8. The van der Waals surface area contributed by atoms with Gasteiger partial charge in [-0.25, -0.2) is 19.7 Å². The van der Waals surface area contributed by atoms with Gasteiger partial charge < -0.3 is 10.6 Å². The molecule has 0 spiro atoms. The standard InChI is InChI=1S/C18H15ClN6OS2.CH4O3S/c19-11-2-1-3-12(8-11)24-17(26)25-18-21-9-13(28-18)4-6-20-16-15-14(5-7-27-15)22-10-23-16;1-5(2,3)4/h1-3,5,7-10H,4,6H2,(H,20,22,23)(H2,21,24,25,26);1H3,(H,2,3,4). The van der Waals surface area contributed by atoms with Crippen LogP contribution in [0.1, 0.15) is 4.88 Å². The highest BCUT2D eigenvalue weighted by atomic mass is 35.5. The lowest BCUT2D eigenvalue weighted by molar-refractivity contribution is 0.262. The summed E-state index contributed by atoms with van der Waals surface area (Å²) in [4.78, 5) is 25.9. The van der Waals surface area contributed by atoms with Crippen LogP contribution in [0.15, 0.2) is 48.2 Å². The SMILES string of the molecule is CS(=O)(=O)O.O=C(Nc1cccc(Cl)c1)Nc1ncc(CCNc2ncnc3ccsc23)s1. The predicted molar refractivity (Wildman–Crippen MR) is 133 cm³/mol. The van der Waals surface area contributed by atoms with E-state index >= 15 is 0 Å². The molecule has 0 saturated heterocycles. The Morgan fingerprint density at radius 2 is 1.97 bits per heavy atom. The average Bonchev–Trinajstić information content (AvgIpc) is 3.36. The number of thiazole rings is 1. The third-order valence-corrected chi connectivity index (χ3v) is 5.88. The van der Waals surface area contributed by atoms with Crippen molar-refractivity contribution in [2.24, 2.45) is 0 Å². The number of carbonyl (C=O) groups excluding carboxylic acids is 1. The van der Waals surface area contributed by atoms with E-state index in [-0.39, 0.29) is 6.03 Å². The van der Waals surface area contributed by atoms with Crippen LogP contribution in [0.4, 0.5) is 21.4 Å². The molecule has 14 heteroatoms. The molecule has 10 nitrogen and oxygen atoms in total. The van der Waals surface area contributed by atoms with Crippen LogP contribution < -0.4 is 16.0 Å². The molecule has 1 aromatic carbocycles. The zero-order valence-corrected chi connectivity index (χ0v) is 20.4. The molecule has 0 aliphatic carbocycles. The van der Waals surface area contributed by atoms with Gasteiger partial charge in [0.2, 0.25) is 0 Å². The van der Waals surface area contributed by atoms with Crippen molar-refractivity contribution in [2.45, 2.75) is 6.42 Å². The second-order valence-electron chi connectivity index (χ2n) is 6.49. The molecule has 0 saturated carbocycles. The van der Waals surface area contributed by atoms with E-state index in [0.29, 0.717) is 28.6 Å². The number of urea groups is 1. The van der Waals surface area contributed by atoms with Gasteiger partial charge in [0, 0.05) is 34.7 Å². The van der Waals surface area contributed by atoms with E-state index in [4.69, 9.17) is 16.2 Å². The molecule has 3 aromatic heterocycles. The minimum absolute atomic E-state index is 0.359. The zero-order valence-electron chi connectivity index (χ0n) is 17.1. The summed E-state index contributed by atoms with van der Waals surface area (Å²) >= 11 is 8.96. The summed E-state index contributed by atoms with van der Waals surface area (Å²) in [5, 5.41) is 11.9. The van der Waals surface area contributed by atoms with E-state index in [1.54, 1.807) is 48.1 Å². The molecular weight excluding hydrogens is 508 g/mol. The van der Waals surface area contributed by atoms with Crippen LogP contribution >= 0.6 is 34.3 Å². The number of anilines is 3. The van der Waals surface area contributed by atoms with Gasteiger partial charge in [-0.3, -0.25) is 9.87 Å². The number of hydrogen-bond donors (Lipinski definition) is 4. The second kappa shape index (κ2) is 11.3. The molecule has 0 atom stereocenters. The van der Waals surface area contributed by atoms with Crippen LogP contribution in [0, 0.1) is 0 Å². The molecule has 0 aliphatic heterocycles. The van der Waals surface area contributed by atoms with E-state index in [2.05, 4.69) is 30.9 Å². The molecule has 0 unspecified atom stereocenters. The van der Waals surface area contributed by atoms with Crippen LogP contribution in [-0.2, 0) is 16.5 Å². The number of benzene rings is 1. The summed E-state index contributed by atoms with van der Waals surface area (Å²) in [5.41, 5.74) is 1.56. The van der Waals surface area contributed by atoms with Gasteiger partial charge >= 0.3 is 6.03 Å². The number of amides is 2. The highest BCUT2D eigenvalue weighted by Gasteiger charge is 2.08. The number of nitrogens with zero attached hydrogens (tertiary/aromatic N) is 3. The zero-order chi connectivity index (χ0) is 23.8. The van der Waals surface area contributed by atoms with Gasteiger partial charge in [0.1, 0.15) is 12.1 Å². The topological polar surface area (TPSA) is 146 Å². The molecule has 4 rings (SSSR count). The average molecular weight is 527 g/mol. The number of rotatable bonds is 6. The molecule has 2 amide bonds. The van der Waals surface area contributed by atoms with E-state index < -0.39 is 10.1 Å². The molecule has 174 valence electrons. The number of halogens is 1. The van der Waals surface area contributed by atoms with Gasteiger partial charge in [0.25, 0.3) is 10.1 Å². The van der Waals surface area contributed by atoms with Gasteiger partial charge in [-0.05, 0) is 29.6 Å². The Labute approximate surface area is 202 Å². The van der Waals surface area contributed by atoms with Crippen molar-refractivity contribution in [3.05, 3.63) is 58.1 Å². The minimum Gasteiger partial charge on any atom is -0.368 e. The quantitative estimate of drug-likeness (QED) is 0.266. The number of carbonyl (C=O) groups is 1. The van der Waals surface area contributed by atoms with Crippen LogP contribution in [0.5, 0.6) is 0 Å². The highest BCUT2D eigenvalue weighted by Crippen LogP contribution is 2.25. The number of aromatic nitrogens is 3. The van der Waals surface area contributed by atoms with Gasteiger partial charge in [0.15, 0.2) is 5.13 Å². The highest BCUT2D eigenvalue weighted by molar-refractivity contribution is 7.85. The summed E-state index contributed by atoms with van der Waals surface area (Å²) in [6.45, 7) is 0.709. The van der Waals surface area contributed by atoms with Crippen LogP contribution in [0.2, 0.25) is 5.02 Å². The molecule has 3 heterocycles. The van der Waals surface area contributed by atoms with Crippen molar-refractivity contribution in [1.82, 2.24) is 15.0 Å². The third kappa shape index (κ3) is 8.55. The second-order valence-corrected chi connectivity index (χ2v) is 10.4. The number of fused-ring (bicyclic) bond motifs is 1. The maximum Gasteiger partial charge on any atom is 0.325 e. The normalized spacial score (nSPS) is 10.9. The van der Waals surface area contributed by atoms with Crippen molar-refractivity contribution in [3.8, 4) is 0 Å². The smallest absolute Gasteiger partial charge is 0.325 e. The molecule has 4 N–H and O–H groups in total. The van der Waals surface area contributed by atoms with E-state index in [0.717, 1.165) is 27.3 Å². The fourth-order valence-electron chi connectivity index (χ4n) is 2.53. The van der Waals surface area contributed by atoms with Gasteiger partial charge in [-0.2, -0.15) is 8.42 Å². The predicted octanol–water partition coefficient (Wildman–Crippen LogP) is 4.60. The first-order chi connectivity index (χ1) is 15.7. The van der Waals surface area contributed by atoms with Crippen LogP contribution in [-0.4, -0.2) is 46.8 Å². The summed E-state index contributed by atoms with van der Waals surface area (Å²) in [5.74, 6) is 0.837. The van der Waals surface area contributed by atoms with Gasteiger partial charge in [0.05, 0.1) is 16.5 Å². The molecule has 4 aromatic rings. The van der Waals surface area contributed by atoms with Crippen molar-refractivity contribution in [1.29, 1.82) is 0 Å². The van der Waals surface area contributed by atoms with Crippen molar-refractivity contribution < 1.29 is 17.8 Å². The lowest BCUT2D eigenvalue weighted by Crippen LogP contribution is -2.19. The monoisotopic (exact) mass is 526 g/mol. The first-order valence-electron chi connectivity index (χ1n) is 9.30. The Hall–Kier alpha value is -2.84. The van der Waals surface area contributed by atoms with Crippen molar-refractivity contribution >= 4 is 77.3 Å². The minimum atomic E-state index is -3.67.